The van der Waals surface area contributed by atoms with E-state index in [0.717, 1.165) is 44.1 Å². The Morgan fingerprint density at radius 2 is 1.90 bits per heavy atom. The van der Waals surface area contributed by atoms with E-state index in [0.29, 0.717) is 0 Å². The van der Waals surface area contributed by atoms with Crippen LogP contribution in [-0.2, 0) is 13.1 Å². The number of rotatable bonds is 8. The van der Waals surface area contributed by atoms with Gasteiger partial charge in [-0.15, -0.1) is 0 Å². The molecule has 4 heteroatoms. The predicted octanol–water partition coefficient (Wildman–Crippen LogP) is 3.00. The van der Waals surface area contributed by atoms with E-state index in [1.165, 1.54) is 5.56 Å². The van der Waals surface area contributed by atoms with Crippen molar-refractivity contribution in [2.24, 2.45) is 0 Å². The lowest BCUT2D eigenvalue weighted by Gasteiger charge is -2.22. The standard InChI is InChI=1S/C17H24N4/c1-3-10-18-11-16-12-19-13-17(20-16)21(4-2)14-15-8-6-5-7-9-15/h5-9,12-13,18H,3-4,10-11,14H2,1-2H3. The highest BCUT2D eigenvalue weighted by atomic mass is 15.2. The summed E-state index contributed by atoms with van der Waals surface area (Å²) < 4.78 is 0. The number of nitrogens with zero attached hydrogens (tertiary/aromatic N) is 3. The first-order valence-corrected chi connectivity index (χ1v) is 7.64. The Hall–Kier alpha value is -1.94. The third-order valence-electron chi connectivity index (χ3n) is 3.33. The number of hydrogen-bond acceptors (Lipinski definition) is 4. The maximum absolute atomic E-state index is 4.71. The fourth-order valence-electron chi connectivity index (χ4n) is 2.18. The molecular formula is C17H24N4. The fraction of sp³-hybridized carbons (Fsp3) is 0.412. The van der Waals surface area contributed by atoms with Crippen LogP contribution in [0.4, 0.5) is 5.82 Å². The van der Waals surface area contributed by atoms with Gasteiger partial charge in [0.25, 0.3) is 0 Å². The van der Waals surface area contributed by atoms with Crippen LogP contribution in [-0.4, -0.2) is 23.1 Å². The molecule has 2 rings (SSSR count). The Bertz CT molecular complexity index is 527. The van der Waals surface area contributed by atoms with Gasteiger partial charge in [0.2, 0.25) is 0 Å². The minimum atomic E-state index is 0.775. The quantitative estimate of drug-likeness (QED) is 0.757. The third kappa shape index (κ3) is 4.83. The first-order chi connectivity index (χ1) is 10.3. The fourth-order valence-corrected chi connectivity index (χ4v) is 2.18. The van der Waals surface area contributed by atoms with Crippen molar-refractivity contribution in [1.82, 2.24) is 15.3 Å². The molecule has 0 atom stereocenters. The molecule has 0 aliphatic heterocycles. The Morgan fingerprint density at radius 3 is 2.62 bits per heavy atom. The van der Waals surface area contributed by atoms with Crippen molar-refractivity contribution in [1.29, 1.82) is 0 Å². The van der Waals surface area contributed by atoms with E-state index in [2.05, 4.69) is 53.3 Å². The van der Waals surface area contributed by atoms with Crippen molar-refractivity contribution in [2.45, 2.75) is 33.4 Å². The van der Waals surface area contributed by atoms with Crippen LogP contribution in [0.25, 0.3) is 0 Å². The molecule has 1 aromatic carbocycles. The van der Waals surface area contributed by atoms with Gasteiger partial charge in [-0.25, -0.2) is 4.98 Å². The molecule has 112 valence electrons. The average Bonchev–Trinajstić information content (AvgIpc) is 2.54. The summed E-state index contributed by atoms with van der Waals surface area (Å²) in [4.78, 5) is 11.3. The first kappa shape index (κ1) is 15.4. The minimum Gasteiger partial charge on any atom is -0.351 e. The SMILES string of the molecule is CCCNCc1cncc(N(CC)Cc2ccccc2)n1. The van der Waals surface area contributed by atoms with E-state index in [4.69, 9.17) is 4.98 Å². The predicted molar refractivity (Wildman–Crippen MR) is 87.2 cm³/mol. The third-order valence-corrected chi connectivity index (χ3v) is 3.33. The van der Waals surface area contributed by atoms with Gasteiger partial charge in [0.05, 0.1) is 11.9 Å². The van der Waals surface area contributed by atoms with E-state index in [1.54, 1.807) is 0 Å². The zero-order chi connectivity index (χ0) is 14.9. The molecule has 2 aromatic rings. The van der Waals surface area contributed by atoms with Gasteiger partial charge in [0.1, 0.15) is 5.82 Å². The summed E-state index contributed by atoms with van der Waals surface area (Å²) in [5, 5.41) is 3.36. The Morgan fingerprint density at radius 1 is 1.10 bits per heavy atom. The van der Waals surface area contributed by atoms with Gasteiger partial charge in [-0.1, -0.05) is 37.3 Å². The molecule has 0 radical (unpaired) electrons. The van der Waals surface area contributed by atoms with Crippen LogP contribution in [0.15, 0.2) is 42.7 Å². The summed E-state index contributed by atoms with van der Waals surface area (Å²) in [7, 11) is 0. The highest BCUT2D eigenvalue weighted by Gasteiger charge is 2.08. The average molecular weight is 284 g/mol. The van der Waals surface area contributed by atoms with Gasteiger partial charge < -0.3 is 10.2 Å². The lowest BCUT2D eigenvalue weighted by atomic mass is 10.2. The summed E-state index contributed by atoms with van der Waals surface area (Å²) in [6.07, 6.45) is 4.81. The highest BCUT2D eigenvalue weighted by molar-refractivity contribution is 5.37. The Kier molecular flexibility index (Phi) is 6.16. The van der Waals surface area contributed by atoms with E-state index >= 15 is 0 Å². The summed E-state index contributed by atoms with van der Waals surface area (Å²) in [5.74, 6) is 0.942. The molecule has 0 amide bonds. The second kappa shape index (κ2) is 8.37. The number of aromatic nitrogens is 2. The molecule has 1 aromatic heterocycles. The van der Waals surface area contributed by atoms with Gasteiger partial charge >= 0.3 is 0 Å². The molecule has 0 unspecified atom stereocenters. The Labute approximate surface area is 127 Å². The van der Waals surface area contributed by atoms with Crippen LogP contribution in [0, 0.1) is 0 Å². The lowest BCUT2D eigenvalue weighted by Crippen LogP contribution is -2.24. The second-order valence-corrected chi connectivity index (χ2v) is 5.05. The summed E-state index contributed by atoms with van der Waals surface area (Å²) in [6.45, 7) is 7.86. The molecule has 0 bridgehead atoms. The van der Waals surface area contributed by atoms with Crippen molar-refractivity contribution in [3.63, 3.8) is 0 Å². The van der Waals surface area contributed by atoms with Gasteiger partial charge in [-0.3, -0.25) is 4.98 Å². The molecule has 1 N–H and O–H groups in total. The van der Waals surface area contributed by atoms with Crippen LogP contribution in [0.3, 0.4) is 0 Å². The van der Waals surface area contributed by atoms with Crippen LogP contribution in [0.2, 0.25) is 0 Å². The van der Waals surface area contributed by atoms with Crippen LogP contribution in [0.5, 0.6) is 0 Å². The zero-order valence-corrected chi connectivity index (χ0v) is 12.9. The number of nitrogens with one attached hydrogen (secondary N) is 1. The largest absolute Gasteiger partial charge is 0.351 e. The van der Waals surface area contributed by atoms with Crippen molar-refractivity contribution in [3.8, 4) is 0 Å². The normalized spacial score (nSPS) is 10.6. The monoisotopic (exact) mass is 284 g/mol. The van der Waals surface area contributed by atoms with E-state index in [-0.39, 0.29) is 0 Å². The Balaban J connectivity index is 2.05. The van der Waals surface area contributed by atoms with Gasteiger partial charge in [-0.05, 0) is 25.5 Å². The van der Waals surface area contributed by atoms with E-state index < -0.39 is 0 Å². The molecular weight excluding hydrogens is 260 g/mol. The van der Waals surface area contributed by atoms with Crippen molar-refractivity contribution >= 4 is 5.82 Å². The molecule has 4 nitrogen and oxygen atoms in total. The van der Waals surface area contributed by atoms with Crippen molar-refractivity contribution < 1.29 is 0 Å². The molecule has 0 spiro atoms. The molecule has 0 aliphatic carbocycles. The van der Waals surface area contributed by atoms with Gasteiger partial charge in [0, 0.05) is 25.8 Å². The number of hydrogen-bond donors (Lipinski definition) is 1. The molecule has 0 saturated carbocycles. The van der Waals surface area contributed by atoms with Gasteiger partial charge in [0.15, 0.2) is 0 Å². The molecule has 1 heterocycles. The summed E-state index contributed by atoms with van der Waals surface area (Å²) in [6, 6.07) is 10.5. The van der Waals surface area contributed by atoms with Crippen LogP contribution in [0.1, 0.15) is 31.5 Å². The maximum Gasteiger partial charge on any atom is 0.147 e. The molecule has 0 saturated heterocycles. The zero-order valence-electron chi connectivity index (χ0n) is 12.9. The maximum atomic E-state index is 4.71. The topological polar surface area (TPSA) is 41.1 Å². The molecule has 0 fully saturated rings. The highest BCUT2D eigenvalue weighted by Crippen LogP contribution is 2.13. The lowest BCUT2D eigenvalue weighted by molar-refractivity contribution is 0.659. The second-order valence-electron chi connectivity index (χ2n) is 5.05. The summed E-state index contributed by atoms with van der Waals surface area (Å²) in [5.41, 5.74) is 2.28. The van der Waals surface area contributed by atoms with E-state index in [1.807, 2.05) is 18.5 Å². The number of benzene rings is 1. The molecule has 0 aliphatic rings. The van der Waals surface area contributed by atoms with Crippen LogP contribution < -0.4 is 10.2 Å². The van der Waals surface area contributed by atoms with Crippen molar-refractivity contribution in [3.05, 3.63) is 54.0 Å². The molecule has 21 heavy (non-hydrogen) atoms. The minimum absolute atomic E-state index is 0.775. The van der Waals surface area contributed by atoms with E-state index in [9.17, 15) is 0 Å². The summed E-state index contributed by atoms with van der Waals surface area (Å²) >= 11 is 0. The number of anilines is 1. The van der Waals surface area contributed by atoms with Crippen molar-refractivity contribution in [2.75, 3.05) is 18.0 Å². The van der Waals surface area contributed by atoms with Crippen LogP contribution >= 0.6 is 0 Å². The smallest absolute Gasteiger partial charge is 0.147 e. The van der Waals surface area contributed by atoms with Gasteiger partial charge in [-0.2, -0.15) is 0 Å². The first-order valence-electron chi connectivity index (χ1n) is 7.64.